The van der Waals surface area contributed by atoms with Crippen molar-refractivity contribution in [2.24, 2.45) is 0 Å². The molecule has 0 bridgehead atoms. The summed E-state index contributed by atoms with van der Waals surface area (Å²) < 4.78 is 5.70. The van der Waals surface area contributed by atoms with Crippen LogP contribution in [0.15, 0.2) is 48.5 Å². The largest absolute Gasteiger partial charge is 0.494 e. The maximum absolute atomic E-state index is 5.70. The molecule has 0 atom stereocenters. The third-order valence-corrected chi connectivity index (χ3v) is 3.41. The number of nitrogens with two attached hydrogens (primary N) is 1. The summed E-state index contributed by atoms with van der Waals surface area (Å²) in [5, 5.41) is 0. The van der Waals surface area contributed by atoms with E-state index in [4.69, 9.17) is 10.5 Å². The lowest BCUT2D eigenvalue weighted by Crippen LogP contribution is -2.20. The van der Waals surface area contributed by atoms with Crippen molar-refractivity contribution in [3.05, 3.63) is 59.7 Å². The van der Waals surface area contributed by atoms with Crippen molar-refractivity contribution in [1.82, 2.24) is 4.90 Å². The van der Waals surface area contributed by atoms with Crippen LogP contribution in [-0.4, -0.2) is 25.1 Å². The van der Waals surface area contributed by atoms with E-state index >= 15 is 0 Å². The van der Waals surface area contributed by atoms with Gasteiger partial charge in [0.2, 0.25) is 0 Å². The van der Waals surface area contributed by atoms with Gasteiger partial charge in [-0.2, -0.15) is 0 Å². The second kappa shape index (κ2) is 7.70. The highest BCUT2D eigenvalue weighted by atomic mass is 16.5. The molecule has 21 heavy (non-hydrogen) atoms. The Labute approximate surface area is 127 Å². The first-order valence-corrected chi connectivity index (χ1v) is 7.36. The highest BCUT2D eigenvalue weighted by Crippen LogP contribution is 2.13. The second-order valence-electron chi connectivity index (χ2n) is 5.49. The van der Waals surface area contributed by atoms with Gasteiger partial charge in [-0.1, -0.05) is 29.8 Å². The zero-order valence-corrected chi connectivity index (χ0v) is 12.9. The fourth-order valence-electron chi connectivity index (χ4n) is 2.17. The lowest BCUT2D eigenvalue weighted by atomic mass is 10.1. The average Bonchev–Trinajstić information content (AvgIpc) is 2.48. The van der Waals surface area contributed by atoms with Gasteiger partial charge in [0.25, 0.3) is 0 Å². The standard InChI is InChI=1S/C18H24N2O/c1-15-4-6-16(7-5-15)14-20(2)12-3-13-21-18-10-8-17(19)9-11-18/h4-11H,3,12-14,19H2,1-2H3. The van der Waals surface area contributed by atoms with Crippen LogP contribution in [0.5, 0.6) is 5.75 Å². The monoisotopic (exact) mass is 284 g/mol. The average molecular weight is 284 g/mol. The van der Waals surface area contributed by atoms with Crippen LogP contribution in [0, 0.1) is 6.92 Å². The highest BCUT2D eigenvalue weighted by Gasteiger charge is 2.01. The second-order valence-corrected chi connectivity index (χ2v) is 5.49. The summed E-state index contributed by atoms with van der Waals surface area (Å²) in [4.78, 5) is 2.32. The smallest absolute Gasteiger partial charge is 0.119 e. The molecule has 3 nitrogen and oxygen atoms in total. The van der Waals surface area contributed by atoms with Crippen LogP contribution < -0.4 is 10.5 Å². The zero-order chi connectivity index (χ0) is 15.1. The van der Waals surface area contributed by atoms with E-state index in [1.165, 1.54) is 11.1 Å². The highest BCUT2D eigenvalue weighted by molar-refractivity contribution is 5.41. The maximum atomic E-state index is 5.70. The summed E-state index contributed by atoms with van der Waals surface area (Å²) >= 11 is 0. The molecule has 0 heterocycles. The summed E-state index contributed by atoms with van der Waals surface area (Å²) in [6.07, 6.45) is 1.01. The predicted octanol–water partition coefficient (Wildman–Crippen LogP) is 3.48. The van der Waals surface area contributed by atoms with Gasteiger partial charge in [-0.15, -0.1) is 0 Å². The van der Waals surface area contributed by atoms with Crippen molar-refractivity contribution < 1.29 is 4.74 Å². The van der Waals surface area contributed by atoms with Crippen LogP contribution in [0.3, 0.4) is 0 Å². The van der Waals surface area contributed by atoms with E-state index in [-0.39, 0.29) is 0 Å². The number of nitrogens with zero attached hydrogens (tertiary/aromatic N) is 1. The molecular formula is C18H24N2O. The Hall–Kier alpha value is -2.00. The SMILES string of the molecule is Cc1ccc(CN(C)CCCOc2ccc(N)cc2)cc1. The van der Waals surface area contributed by atoms with Gasteiger partial charge in [-0.05, 0) is 50.2 Å². The van der Waals surface area contributed by atoms with Crippen molar-refractivity contribution >= 4 is 5.69 Å². The lowest BCUT2D eigenvalue weighted by Gasteiger charge is -2.17. The Morgan fingerprint density at radius 3 is 2.33 bits per heavy atom. The number of nitrogen functional groups attached to an aromatic ring is 1. The van der Waals surface area contributed by atoms with Crippen molar-refractivity contribution in [3.8, 4) is 5.75 Å². The summed E-state index contributed by atoms with van der Waals surface area (Å²) in [6, 6.07) is 16.2. The summed E-state index contributed by atoms with van der Waals surface area (Å²) in [7, 11) is 2.14. The third-order valence-electron chi connectivity index (χ3n) is 3.41. The zero-order valence-electron chi connectivity index (χ0n) is 12.9. The van der Waals surface area contributed by atoms with E-state index in [9.17, 15) is 0 Å². The Morgan fingerprint density at radius 2 is 1.67 bits per heavy atom. The molecule has 2 N–H and O–H groups in total. The Morgan fingerprint density at radius 1 is 1.00 bits per heavy atom. The van der Waals surface area contributed by atoms with E-state index in [1.54, 1.807) is 0 Å². The van der Waals surface area contributed by atoms with Crippen LogP contribution in [0.1, 0.15) is 17.5 Å². The number of aryl methyl sites for hydroxylation is 1. The molecule has 0 fully saturated rings. The first-order chi connectivity index (χ1) is 10.1. The molecule has 0 spiro atoms. The van der Waals surface area contributed by atoms with Crippen molar-refractivity contribution in [2.75, 3.05) is 25.9 Å². The summed E-state index contributed by atoms with van der Waals surface area (Å²) in [6.45, 7) is 4.83. The Kier molecular flexibility index (Phi) is 5.64. The minimum atomic E-state index is 0.724. The normalized spacial score (nSPS) is 10.8. The minimum Gasteiger partial charge on any atom is -0.494 e. The van der Waals surface area contributed by atoms with Crippen molar-refractivity contribution in [1.29, 1.82) is 0 Å². The molecule has 3 heteroatoms. The first-order valence-electron chi connectivity index (χ1n) is 7.36. The number of hydrogen-bond donors (Lipinski definition) is 1. The molecular weight excluding hydrogens is 260 g/mol. The fourth-order valence-corrected chi connectivity index (χ4v) is 2.17. The van der Waals surface area contributed by atoms with Gasteiger partial charge in [-0.3, -0.25) is 0 Å². The van der Waals surface area contributed by atoms with Crippen LogP contribution in [0.2, 0.25) is 0 Å². The molecule has 112 valence electrons. The predicted molar refractivity (Wildman–Crippen MR) is 88.5 cm³/mol. The molecule has 0 amide bonds. The van der Waals surface area contributed by atoms with E-state index in [2.05, 4.69) is 43.1 Å². The van der Waals surface area contributed by atoms with Crippen molar-refractivity contribution in [3.63, 3.8) is 0 Å². The molecule has 2 rings (SSSR count). The maximum Gasteiger partial charge on any atom is 0.119 e. The number of rotatable bonds is 7. The number of benzene rings is 2. The number of ether oxygens (including phenoxy) is 1. The lowest BCUT2D eigenvalue weighted by molar-refractivity contribution is 0.259. The Balaban J connectivity index is 1.66. The molecule has 2 aromatic carbocycles. The van der Waals surface area contributed by atoms with Gasteiger partial charge in [0, 0.05) is 18.8 Å². The van der Waals surface area contributed by atoms with Crippen LogP contribution in [-0.2, 0) is 6.54 Å². The molecule has 0 aliphatic rings. The van der Waals surface area contributed by atoms with Crippen LogP contribution in [0.25, 0.3) is 0 Å². The molecule has 2 aromatic rings. The van der Waals surface area contributed by atoms with E-state index < -0.39 is 0 Å². The van der Waals surface area contributed by atoms with Gasteiger partial charge >= 0.3 is 0 Å². The molecule has 0 aliphatic carbocycles. The first kappa shape index (κ1) is 15.4. The molecule has 0 aromatic heterocycles. The van der Waals surface area contributed by atoms with Gasteiger partial charge in [0.15, 0.2) is 0 Å². The fraction of sp³-hybridized carbons (Fsp3) is 0.333. The molecule has 0 aliphatic heterocycles. The van der Waals surface area contributed by atoms with Gasteiger partial charge < -0.3 is 15.4 Å². The Bertz CT molecular complexity index is 534. The number of hydrogen-bond acceptors (Lipinski definition) is 3. The van der Waals surface area contributed by atoms with Crippen LogP contribution in [0.4, 0.5) is 5.69 Å². The summed E-state index contributed by atoms with van der Waals surface area (Å²) in [5.41, 5.74) is 9.06. The van der Waals surface area contributed by atoms with E-state index in [1.807, 2.05) is 24.3 Å². The van der Waals surface area contributed by atoms with Crippen LogP contribution >= 0.6 is 0 Å². The van der Waals surface area contributed by atoms with Gasteiger partial charge in [0.05, 0.1) is 6.61 Å². The van der Waals surface area contributed by atoms with E-state index in [0.29, 0.717) is 0 Å². The molecule has 0 radical (unpaired) electrons. The van der Waals surface area contributed by atoms with Gasteiger partial charge in [0.1, 0.15) is 5.75 Å². The van der Waals surface area contributed by atoms with Crippen molar-refractivity contribution in [2.45, 2.75) is 19.9 Å². The molecule has 0 saturated heterocycles. The summed E-state index contributed by atoms with van der Waals surface area (Å²) in [5.74, 6) is 0.880. The third kappa shape index (κ3) is 5.48. The topological polar surface area (TPSA) is 38.5 Å². The molecule has 0 unspecified atom stereocenters. The number of anilines is 1. The van der Waals surface area contributed by atoms with E-state index in [0.717, 1.165) is 37.6 Å². The molecule has 0 saturated carbocycles. The van der Waals surface area contributed by atoms with Gasteiger partial charge in [-0.25, -0.2) is 0 Å². The quantitative estimate of drug-likeness (QED) is 0.625. The minimum absolute atomic E-state index is 0.724.